The first kappa shape index (κ1) is 18.1. The van der Waals surface area contributed by atoms with Crippen LogP contribution in [0.15, 0.2) is 30.3 Å². The van der Waals surface area contributed by atoms with Gasteiger partial charge in [0.15, 0.2) is 0 Å². The molecule has 3 fully saturated rings. The van der Waals surface area contributed by atoms with Crippen LogP contribution in [0, 0.1) is 12.8 Å². The lowest BCUT2D eigenvalue weighted by Crippen LogP contribution is -2.46. The lowest BCUT2D eigenvalue weighted by Gasteiger charge is -2.38. The standard InChI is InChI=1S/C22H24N4O3/c1-13-11-18(26-19(24-13)14-5-6-14)20(27)25-17-4-2-3-16(12-17)22(15-7-8-15)9-10-23-21(28)29-22/h2-4,11-12,14-15H,5-10H2,1H3,(H,23,28)(H,25,27)/t22-/m0/s1. The average molecular weight is 392 g/mol. The Balaban J connectivity index is 1.40. The van der Waals surface area contributed by atoms with Crippen molar-refractivity contribution in [2.45, 2.75) is 50.5 Å². The topological polar surface area (TPSA) is 93.2 Å². The number of carbonyl (C=O) groups is 2. The van der Waals surface area contributed by atoms with E-state index in [1.54, 1.807) is 6.07 Å². The third kappa shape index (κ3) is 3.57. The van der Waals surface area contributed by atoms with E-state index in [-0.39, 0.29) is 12.0 Å². The number of nitrogens with zero attached hydrogens (tertiary/aromatic N) is 2. The van der Waals surface area contributed by atoms with Gasteiger partial charge in [0.2, 0.25) is 0 Å². The molecule has 2 heterocycles. The lowest BCUT2D eigenvalue weighted by molar-refractivity contribution is -0.0345. The van der Waals surface area contributed by atoms with Crippen LogP contribution in [0.4, 0.5) is 10.5 Å². The molecule has 7 nitrogen and oxygen atoms in total. The van der Waals surface area contributed by atoms with E-state index in [4.69, 9.17) is 4.74 Å². The molecule has 7 heteroatoms. The molecular formula is C22H24N4O3. The summed E-state index contributed by atoms with van der Waals surface area (Å²) in [5, 5.41) is 5.69. The summed E-state index contributed by atoms with van der Waals surface area (Å²) in [6.07, 6.45) is 4.63. The number of rotatable bonds is 5. The maximum absolute atomic E-state index is 12.8. The number of carbonyl (C=O) groups excluding carboxylic acids is 2. The van der Waals surface area contributed by atoms with Crippen LogP contribution < -0.4 is 10.6 Å². The zero-order valence-electron chi connectivity index (χ0n) is 16.4. The van der Waals surface area contributed by atoms with Crippen LogP contribution in [-0.4, -0.2) is 28.5 Å². The Bertz CT molecular complexity index is 984. The summed E-state index contributed by atoms with van der Waals surface area (Å²) >= 11 is 0. The van der Waals surface area contributed by atoms with Crippen LogP contribution in [0.2, 0.25) is 0 Å². The highest BCUT2D eigenvalue weighted by atomic mass is 16.6. The fraction of sp³-hybridized carbons (Fsp3) is 0.455. The van der Waals surface area contributed by atoms with Gasteiger partial charge in [0.25, 0.3) is 5.91 Å². The van der Waals surface area contributed by atoms with E-state index in [1.807, 2.05) is 31.2 Å². The first-order valence-electron chi connectivity index (χ1n) is 10.3. The number of aryl methyl sites for hydroxylation is 1. The van der Waals surface area contributed by atoms with E-state index in [0.717, 1.165) is 49.2 Å². The summed E-state index contributed by atoms with van der Waals surface area (Å²) in [4.78, 5) is 33.7. The van der Waals surface area contributed by atoms with Gasteiger partial charge in [-0.2, -0.15) is 0 Å². The van der Waals surface area contributed by atoms with Gasteiger partial charge in [0, 0.05) is 36.2 Å². The van der Waals surface area contributed by atoms with Crippen molar-refractivity contribution in [3.05, 3.63) is 53.1 Å². The summed E-state index contributed by atoms with van der Waals surface area (Å²) in [5.74, 6) is 1.23. The predicted octanol–water partition coefficient (Wildman–Crippen LogP) is 3.65. The molecule has 2 amide bonds. The molecule has 150 valence electrons. The third-order valence-electron chi connectivity index (χ3n) is 5.93. The molecule has 3 aliphatic rings. The van der Waals surface area contributed by atoms with Gasteiger partial charge in [-0.1, -0.05) is 12.1 Å². The Morgan fingerprint density at radius 1 is 1.21 bits per heavy atom. The number of cyclic esters (lactones) is 1. The number of nitrogens with one attached hydrogen (secondary N) is 2. The smallest absolute Gasteiger partial charge is 0.408 e. The first-order chi connectivity index (χ1) is 14.0. The number of aromatic nitrogens is 2. The molecule has 1 aromatic heterocycles. The molecule has 29 heavy (non-hydrogen) atoms. The highest BCUT2D eigenvalue weighted by molar-refractivity contribution is 6.03. The molecular weight excluding hydrogens is 368 g/mol. The number of benzene rings is 1. The van der Waals surface area contributed by atoms with Crippen LogP contribution >= 0.6 is 0 Å². The molecule has 2 aromatic rings. The van der Waals surface area contributed by atoms with E-state index in [9.17, 15) is 9.59 Å². The molecule has 1 aliphatic heterocycles. The average Bonchev–Trinajstić information content (AvgIpc) is 3.60. The van der Waals surface area contributed by atoms with Gasteiger partial charge in [0.05, 0.1) is 0 Å². The van der Waals surface area contributed by atoms with Crippen molar-refractivity contribution >= 4 is 17.7 Å². The molecule has 0 radical (unpaired) electrons. The highest BCUT2D eigenvalue weighted by Crippen LogP contribution is 2.51. The second-order valence-electron chi connectivity index (χ2n) is 8.29. The minimum absolute atomic E-state index is 0.252. The summed E-state index contributed by atoms with van der Waals surface area (Å²) in [6, 6.07) is 9.36. The van der Waals surface area contributed by atoms with Crippen molar-refractivity contribution in [2.24, 2.45) is 5.92 Å². The fourth-order valence-corrected chi connectivity index (χ4v) is 4.17. The van der Waals surface area contributed by atoms with Crippen LogP contribution in [0.5, 0.6) is 0 Å². The van der Waals surface area contributed by atoms with Crippen LogP contribution in [-0.2, 0) is 10.3 Å². The summed E-state index contributed by atoms with van der Waals surface area (Å²) < 4.78 is 5.81. The minimum atomic E-state index is -0.603. The zero-order chi connectivity index (χ0) is 20.0. The molecule has 0 unspecified atom stereocenters. The van der Waals surface area contributed by atoms with E-state index in [0.29, 0.717) is 29.8 Å². The van der Waals surface area contributed by atoms with Crippen LogP contribution in [0.25, 0.3) is 0 Å². The SMILES string of the molecule is Cc1cc(C(=O)Nc2cccc([C@@]3(C4CC4)CCNC(=O)O3)c2)nc(C2CC2)n1. The Kier molecular flexibility index (Phi) is 4.26. The second kappa shape index (κ2) is 6.83. The predicted molar refractivity (Wildman–Crippen MR) is 107 cm³/mol. The summed E-state index contributed by atoms with van der Waals surface area (Å²) in [6.45, 7) is 2.48. The molecule has 1 aromatic carbocycles. The van der Waals surface area contributed by atoms with Crippen molar-refractivity contribution in [2.75, 3.05) is 11.9 Å². The van der Waals surface area contributed by atoms with Gasteiger partial charge < -0.3 is 15.4 Å². The van der Waals surface area contributed by atoms with Gasteiger partial charge in [-0.3, -0.25) is 4.79 Å². The number of hydrogen-bond donors (Lipinski definition) is 2. The fourth-order valence-electron chi connectivity index (χ4n) is 4.17. The molecule has 0 spiro atoms. The monoisotopic (exact) mass is 392 g/mol. The molecule has 1 atom stereocenters. The zero-order valence-corrected chi connectivity index (χ0v) is 16.4. The quantitative estimate of drug-likeness (QED) is 0.810. The summed E-state index contributed by atoms with van der Waals surface area (Å²) in [7, 11) is 0. The number of amides is 2. The maximum Gasteiger partial charge on any atom is 0.408 e. The third-order valence-corrected chi connectivity index (χ3v) is 5.93. The van der Waals surface area contributed by atoms with E-state index in [2.05, 4.69) is 20.6 Å². The van der Waals surface area contributed by atoms with Gasteiger partial charge in [-0.15, -0.1) is 0 Å². The van der Waals surface area contributed by atoms with Crippen molar-refractivity contribution in [3.63, 3.8) is 0 Å². The van der Waals surface area contributed by atoms with E-state index in [1.165, 1.54) is 0 Å². The van der Waals surface area contributed by atoms with Gasteiger partial charge in [0.1, 0.15) is 17.1 Å². The van der Waals surface area contributed by atoms with Crippen LogP contribution in [0.3, 0.4) is 0 Å². The van der Waals surface area contributed by atoms with Crippen LogP contribution in [0.1, 0.15) is 65.6 Å². The number of hydrogen-bond acceptors (Lipinski definition) is 5. The molecule has 0 bridgehead atoms. The van der Waals surface area contributed by atoms with E-state index < -0.39 is 5.60 Å². The van der Waals surface area contributed by atoms with Crippen molar-refractivity contribution in [1.82, 2.24) is 15.3 Å². The van der Waals surface area contributed by atoms with Gasteiger partial charge in [-0.25, -0.2) is 14.8 Å². The number of alkyl carbamates (subject to hydrolysis) is 1. The minimum Gasteiger partial charge on any atom is -0.438 e. The molecule has 2 saturated carbocycles. The Morgan fingerprint density at radius 2 is 2.03 bits per heavy atom. The first-order valence-corrected chi connectivity index (χ1v) is 10.3. The highest BCUT2D eigenvalue weighted by Gasteiger charge is 2.51. The largest absolute Gasteiger partial charge is 0.438 e. The lowest BCUT2D eigenvalue weighted by atomic mass is 9.84. The normalized spacial score (nSPS) is 23.8. The van der Waals surface area contributed by atoms with Crippen molar-refractivity contribution in [1.29, 1.82) is 0 Å². The maximum atomic E-state index is 12.8. The Morgan fingerprint density at radius 3 is 2.76 bits per heavy atom. The van der Waals surface area contributed by atoms with E-state index >= 15 is 0 Å². The van der Waals surface area contributed by atoms with Crippen molar-refractivity contribution in [3.8, 4) is 0 Å². The molecule has 2 aliphatic carbocycles. The Hall–Kier alpha value is -2.96. The summed E-state index contributed by atoms with van der Waals surface area (Å²) in [5.41, 5.74) is 2.19. The number of anilines is 1. The van der Waals surface area contributed by atoms with Crippen molar-refractivity contribution < 1.29 is 14.3 Å². The molecule has 2 N–H and O–H groups in total. The van der Waals surface area contributed by atoms with Gasteiger partial charge in [-0.05, 0) is 56.4 Å². The Labute approximate surface area is 169 Å². The van der Waals surface area contributed by atoms with Gasteiger partial charge >= 0.3 is 6.09 Å². The second-order valence-corrected chi connectivity index (χ2v) is 8.29. The molecule has 5 rings (SSSR count). The number of ether oxygens (including phenoxy) is 1. The molecule has 1 saturated heterocycles.